The Morgan fingerprint density at radius 2 is 2.20 bits per heavy atom. The minimum absolute atomic E-state index is 0.105. The molecule has 1 aliphatic carbocycles. The molecule has 1 atom stereocenters. The van der Waals surface area contributed by atoms with Crippen LogP contribution in [0.3, 0.4) is 0 Å². The number of ketones is 1. The van der Waals surface area contributed by atoms with Gasteiger partial charge in [-0.2, -0.15) is 0 Å². The van der Waals surface area contributed by atoms with Crippen molar-refractivity contribution in [2.75, 3.05) is 13.1 Å². The second-order valence-corrected chi connectivity index (χ2v) is 5.10. The Morgan fingerprint density at radius 3 is 2.60 bits per heavy atom. The summed E-state index contributed by atoms with van der Waals surface area (Å²) in [4.78, 5) is 14.1. The zero-order chi connectivity index (χ0) is 10.8. The first-order valence-electron chi connectivity index (χ1n) is 6.20. The highest BCUT2D eigenvalue weighted by Gasteiger charge is 2.32. The molecule has 1 N–H and O–H groups in total. The van der Waals surface area contributed by atoms with Crippen molar-refractivity contribution in [2.45, 2.75) is 57.7 Å². The molecule has 0 amide bonds. The van der Waals surface area contributed by atoms with Crippen LogP contribution in [0.4, 0.5) is 0 Å². The smallest absolute Gasteiger partial charge is 0.152 e. The molecule has 1 saturated carbocycles. The van der Waals surface area contributed by atoms with Crippen LogP contribution in [0.15, 0.2) is 0 Å². The Balaban J connectivity index is 1.90. The largest absolute Gasteiger partial charge is 0.306 e. The first kappa shape index (κ1) is 11.1. The molecule has 2 fully saturated rings. The van der Waals surface area contributed by atoms with Crippen molar-refractivity contribution in [2.24, 2.45) is 0 Å². The van der Waals surface area contributed by atoms with Crippen molar-refractivity contribution in [3.63, 3.8) is 0 Å². The molecule has 0 aromatic heterocycles. The molecule has 3 heteroatoms. The van der Waals surface area contributed by atoms with Crippen molar-refractivity contribution in [3.8, 4) is 0 Å². The monoisotopic (exact) mass is 210 g/mol. The number of rotatable bonds is 4. The molecule has 86 valence electrons. The molecule has 3 nitrogen and oxygen atoms in total. The van der Waals surface area contributed by atoms with Crippen LogP contribution in [0, 0.1) is 0 Å². The van der Waals surface area contributed by atoms with Crippen molar-refractivity contribution >= 4 is 5.78 Å². The molecular weight excluding hydrogens is 188 g/mol. The topological polar surface area (TPSA) is 32.3 Å². The summed E-state index contributed by atoms with van der Waals surface area (Å²) < 4.78 is 0. The number of hydrogen-bond acceptors (Lipinski definition) is 3. The van der Waals surface area contributed by atoms with Gasteiger partial charge in [0.25, 0.3) is 0 Å². The molecular formula is C12H22N2O. The predicted octanol–water partition coefficient (Wildman–Crippen LogP) is 1.18. The highest BCUT2D eigenvalue weighted by molar-refractivity contribution is 5.86. The Morgan fingerprint density at radius 1 is 1.47 bits per heavy atom. The zero-order valence-corrected chi connectivity index (χ0v) is 9.83. The van der Waals surface area contributed by atoms with Crippen LogP contribution in [0.2, 0.25) is 0 Å². The summed E-state index contributed by atoms with van der Waals surface area (Å²) in [5.41, 5.74) is 0. The zero-order valence-electron chi connectivity index (χ0n) is 9.83. The standard InChI is InChI=1S/C12H22N2O/c1-9(2)14(10-4-3-5-10)8-11-12(15)6-7-13-11/h9-11,13H,3-8H2,1-2H3. The molecule has 0 bridgehead atoms. The van der Waals surface area contributed by atoms with E-state index in [1.807, 2.05) is 0 Å². The number of carbonyl (C=O) groups is 1. The minimum Gasteiger partial charge on any atom is -0.306 e. The highest BCUT2D eigenvalue weighted by atomic mass is 16.1. The third-order valence-corrected chi connectivity index (χ3v) is 3.75. The van der Waals surface area contributed by atoms with E-state index in [0.717, 1.165) is 25.6 Å². The van der Waals surface area contributed by atoms with Gasteiger partial charge in [0, 0.05) is 31.6 Å². The first-order chi connectivity index (χ1) is 7.18. The lowest BCUT2D eigenvalue weighted by molar-refractivity contribution is -0.119. The van der Waals surface area contributed by atoms with Gasteiger partial charge in [-0.25, -0.2) is 0 Å². The van der Waals surface area contributed by atoms with Gasteiger partial charge in [0.05, 0.1) is 6.04 Å². The summed E-state index contributed by atoms with van der Waals surface area (Å²) >= 11 is 0. The molecule has 0 radical (unpaired) electrons. The molecule has 1 aliphatic heterocycles. The van der Waals surface area contributed by atoms with Gasteiger partial charge in [-0.3, -0.25) is 9.69 Å². The van der Waals surface area contributed by atoms with Crippen molar-refractivity contribution in [1.82, 2.24) is 10.2 Å². The van der Waals surface area contributed by atoms with Crippen molar-refractivity contribution in [1.29, 1.82) is 0 Å². The van der Waals surface area contributed by atoms with Gasteiger partial charge in [0.2, 0.25) is 0 Å². The van der Waals surface area contributed by atoms with Crippen LogP contribution >= 0.6 is 0 Å². The van der Waals surface area contributed by atoms with E-state index in [1.54, 1.807) is 0 Å². The number of Topliss-reactive ketones (excluding diaryl/α,β-unsaturated/α-hetero) is 1. The molecule has 2 rings (SSSR count). The van der Waals surface area contributed by atoms with Gasteiger partial charge in [-0.15, -0.1) is 0 Å². The molecule has 1 unspecified atom stereocenters. The second-order valence-electron chi connectivity index (χ2n) is 5.10. The maximum Gasteiger partial charge on any atom is 0.152 e. The molecule has 0 spiro atoms. The van der Waals surface area contributed by atoms with E-state index in [9.17, 15) is 4.79 Å². The van der Waals surface area contributed by atoms with Crippen LogP contribution in [0.25, 0.3) is 0 Å². The molecule has 0 aromatic rings. The van der Waals surface area contributed by atoms with E-state index in [0.29, 0.717) is 11.8 Å². The van der Waals surface area contributed by atoms with Gasteiger partial charge in [0.15, 0.2) is 5.78 Å². The molecule has 1 heterocycles. The first-order valence-corrected chi connectivity index (χ1v) is 6.20. The number of hydrogen-bond donors (Lipinski definition) is 1. The summed E-state index contributed by atoms with van der Waals surface area (Å²) in [6.07, 6.45) is 4.72. The number of nitrogens with zero attached hydrogens (tertiary/aromatic N) is 1. The van der Waals surface area contributed by atoms with Gasteiger partial charge in [-0.1, -0.05) is 6.42 Å². The highest BCUT2D eigenvalue weighted by Crippen LogP contribution is 2.26. The molecule has 2 aliphatic rings. The van der Waals surface area contributed by atoms with E-state index in [2.05, 4.69) is 24.1 Å². The average Bonchev–Trinajstić information content (AvgIpc) is 2.47. The SMILES string of the molecule is CC(C)N(CC1NCCC1=O)C1CCC1. The van der Waals surface area contributed by atoms with Gasteiger partial charge < -0.3 is 5.32 Å². The van der Waals surface area contributed by atoms with Crippen LogP contribution in [0.1, 0.15) is 39.5 Å². The molecule has 15 heavy (non-hydrogen) atoms. The Hall–Kier alpha value is -0.410. The fraction of sp³-hybridized carbons (Fsp3) is 0.917. The van der Waals surface area contributed by atoms with E-state index < -0.39 is 0 Å². The lowest BCUT2D eigenvalue weighted by atomic mass is 9.90. The molecule has 0 aromatic carbocycles. The summed E-state index contributed by atoms with van der Waals surface area (Å²) in [5.74, 6) is 0.403. The summed E-state index contributed by atoms with van der Waals surface area (Å²) in [7, 11) is 0. The molecule has 1 saturated heterocycles. The van der Waals surface area contributed by atoms with Gasteiger partial charge in [0.1, 0.15) is 0 Å². The maximum atomic E-state index is 11.6. The third kappa shape index (κ3) is 2.40. The van der Waals surface area contributed by atoms with Crippen LogP contribution < -0.4 is 5.32 Å². The third-order valence-electron chi connectivity index (χ3n) is 3.75. The van der Waals surface area contributed by atoms with Gasteiger partial charge in [-0.05, 0) is 26.7 Å². The van der Waals surface area contributed by atoms with Crippen molar-refractivity contribution in [3.05, 3.63) is 0 Å². The lowest BCUT2D eigenvalue weighted by Gasteiger charge is -2.41. The normalized spacial score (nSPS) is 27.7. The van der Waals surface area contributed by atoms with Crippen LogP contribution in [-0.2, 0) is 4.79 Å². The van der Waals surface area contributed by atoms with E-state index >= 15 is 0 Å². The predicted molar refractivity (Wildman–Crippen MR) is 60.9 cm³/mol. The quantitative estimate of drug-likeness (QED) is 0.756. The van der Waals surface area contributed by atoms with E-state index in [4.69, 9.17) is 0 Å². The Bertz CT molecular complexity index is 236. The number of nitrogens with one attached hydrogen (secondary N) is 1. The maximum absolute atomic E-state index is 11.6. The Kier molecular flexibility index (Phi) is 3.42. The lowest BCUT2D eigenvalue weighted by Crippen LogP contribution is -2.51. The fourth-order valence-corrected chi connectivity index (χ4v) is 2.53. The van der Waals surface area contributed by atoms with Crippen LogP contribution in [-0.4, -0.2) is 41.9 Å². The van der Waals surface area contributed by atoms with E-state index in [-0.39, 0.29) is 6.04 Å². The number of carbonyl (C=O) groups excluding carboxylic acids is 1. The summed E-state index contributed by atoms with van der Waals surface area (Å²) in [6.45, 7) is 6.26. The minimum atomic E-state index is 0.105. The second kappa shape index (κ2) is 4.62. The average molecular weight is 210 g/mol. The summed E-state index contributed by atoms with van der Waals surface area (Å²) in [6, 6.07) is 1.40. The Labute approximate surface area is 92.2 Å². The van der Waals surface area contributed by atoms with E-state index in [1.165, 1.54) is 19.3 Å². The fourth-order valence-electron chi connectivity index (χ4n) is 2.53. The van der Waals surface area contributed by atoms with Gasteiger partial charge >= 0.3 is 0 Å². The van der Waals surface area contributed by atoms with Crippen molar-refractivity contribution < 1.29 is 4.79 Å². The summed E-state index contributed by atoms with van der Waals surface area (Å²) in [5, 5.41) is 3.30. The van der Waals surface area contributed by atoms with Crippen LogP contribution in [0.5, 0.6) is 0 Å².